The first-order chi connectivity index (χ1) is 28.8. The zero-order valence-corrected chi connectivity index (χ0v) is 31.5. The van der Waals surface area contributed by atoms with Gasteiger partial charge in [-0.3, -0.25) is 0 Å². The SMILES string of the molecule is c1ccc(-c2ccccc2-c2nc(-c3ccccc3-c3ccc4ccccc4c3)nc(-c3ccccc3-c3c4ccccc4cc4c3ccc3ccccc34)n2)cc1. The maximum Gasteiger partial charge on any atom is 0.164 e. The zero-order valence-electron chi connectivity index (χ0n) is 31.5. The summed E-state index contributed by atoms with van der Waals surface area (Å²) in [6.07, 6.45) is 0. The Morgan fingerprint density at radius 2 is 0.690 bits per heavy atom. The molecule has 3 heteroatoms. The molecule has 0 atom stereocenters. The van der Waals surface area contributed by atoms with Gasteiger partial charge in [0.05, 0.1) is 0 Å². The van der Waals surface area contributed by atoms with Gasteiger partial charge in [0.2, 0.25) is 0 Å². The number of rotatable bonds is 6. The van der Waals surface area contributed by atoms with Gasteiger partial charge in [0.25, 0.3) is 0 Å². The Bertz CT molecular complexity index is 3350. The lowest BCUT2D eigenvalue weighted by molar-refractivity contribution is 1.08. The normalized spacial score (nSPS) is 11.4. The van der Waals surface area contributed by atoms with Crippen LogP contribution >= 0.6 is 0 Å². The van der Waals surface area contributed by atoms with Gasteiger partial charge in [-0.1, -0.05) is 200 Å². The molecule has 0 unspecified atom stereocenters. The molecule has 0 radical (unpaired) electrons. The highest BCUT2D eigenvalue weighted by Crippen LogP contribution is 2.43. The Morgan fingerprint density at radius 1 is 0.224 bits per heavy atom. The molecular weight excluding hydrogens is 703 g/mol. The second kappa shape index (κ2) is 14.1. The summed E-state index contributed by atoms with van der Waals surface area (Å²) in [5, 5.41) is 9.63. The van der Waals surface area contributed by atoms with E-state index in [0.29, 0.717) is 17.5 Å². The average Bonchev–Trinajstić information content (AvgIpc) is 3.30. The van der Waals surface area contributed by atoms with E-state index >= 15 is 0 Å². The summed E-state index contributed by atoms with van der Waals surface area (Å²) in [5.74, 6) is 1.86. The standard InChI is InChI=1S/C55H35N3/c1-2-17-37(18-3-1)42-22-10-13-27-48(42)53-56-54(49-28-14-11-24-44(49)41-31-30-36-16-4-5-20-39(36)34-41)58-55(57-53)50-29-15-12-26-46(50)52-45-25-9-7-21-40(45)35-51-43-23-8-6-19-38(43)32-33-47(51)52/h1-35H. The van der Waals surface area contributed by atoms with E-state index in [4.69, 9.17) is 15.0 Å². The first-order valence-electron chi connectivity index (χ1n) is 19.7. The summed E-state index contributed by atoms with van der Waals surface area (Å²) in [5.41, 5.74) is 9.41. The van der Waals surface area contributed by atoms with Gasteiger partial charge in [-0.05, 0) is 88.6 Å². The van der Waals surface area contributed by atoms with Gasteiger partial charge >= 0.3 is 0 Å². The van der Waals surface area contributed by atoms with Crippen LogP contribution in [0.15, 0.2) is 212 Å². The molecule has 10 aromatic carbocycles. The topological polar surface area (TPSA) is 38.7 Å². The number of fused-ring (bicyclic) bond motifs is 5. The largest absolute Gasteiger partial charge is 0.208 e. The lowest BCUT2D eigenvalue weighted by atomic mass is 9.88. The first-order valence-corrected chi connectivity index (χ1v) is 19.7. The molecule has 0 spiro atoms. The molecule has 11 aromatic rings. The highest BCUT2D eigenvalue weighted by molar-refractivity contribution is 6.21. The van der Waals surface area contributed by atoms with Gasteiger partial charge in [0.1, 0.15) is 0 Å². The number of hydrogen-bond acceptors (Lipinski definition) is 3. The van der Waals surface area contributed by atoms with E-state index in [-0.39, 0.29) is 0 Å². The smallest absolute Gasteiger partial charge is 0.164 e. The molecule has 58 heavy (non-hydrogen) atoms. The van der Waals surface area contributed by atoms with Gasteiger partial charge in [-0.2, -0.15) is 0 Å². The minimum atomic E-state index is 0.619. The second-order valence-electron chi connectivity index (χ2n) is 14.7. The Morgan fingerprint density at radius 3 is 1.36 bits per heavy atom. The van der Waals surface area contributed by atoms with Crippen molar-refractivity contribution >= 4 is 43.1 Å². The molecule has 0 saturated heterocycles. The van der Waals surface area contributed by atoms with Crippen molar-refractivity contribution in [1.29, 1.82) is 0 Å². The molecule has 3 nitrogen and oxygen atoms in total. The number of aromatic nitrogens is 3. The average molecular weight is 738 g/mol. The maximum atomic E-state index is 5.42. The Kier molecular flexibility index (Phi) is 8.15. The lowest BCUT2D eigenvalue weighted by Crippen LogP contribution is -2.03. The number of hydrogen-bond donors (Lipinski definition) is 0. The minimum Gasteiger partial charge on any atom is -0.208 e. The molecular formula is C55H35N3. The van der Waals surface area contributed by atoms with E-state index in [1.807, 2.05) is 6.07 Å². The fourth-order valence-electron chi connectivity index (χ4n) is 8.58. The van der Waals surface area contributed by atoms with Crippen molar-refractivity contribution < 1.29 is 0 Å². The highest BCUT2D eigenvalue weighted by atomic mass is 15.0. The third kappa shape index (κ3) is 5.80. The summed E-state index contributed by atoms with van der Waals surface area (Å²) in [4.78, 5) is 16.2. The van der Waals surface area contributed by atoms with E-state index in [9.17, 15) is 0 Å². The third-order valence-electron chi connectivity index (χ3n) is 11.3. The molecule has 0 aliphatic carbocycles. The van der Waals surface area contributed by atoms with Crippen LogP contribution in [0.1, 0.15) is 0 Å². The van der Waals surface area contributed by atoms with Gasteiger partial charge in [0, 0.05) is 16.7 Å². The summed E-state index contributed by atoms with van der Waals surface area (Å²) in [6.45, 7) is 0. The summed E-state index contributed by atoms with van der Waals surface area (Å²) < 4.78 is 0. The fraction of sp³-hybridized carbons (Fsp3) is 0. The van der Waals surface area contributed by atoms with Crippen LogP contribution in [-0.4, -0.2) is 15.0 Å². The molecule has 0 amide bonds. The van der Waals surface area contributed by atoms with Crippen molar-refractivity contribution in [2.75, 3.05) is 0 Å². The molecule has 1 aromatic heterocycles. The van der Waals surface area contributed by atoms with Crippen molar-refractivity contribution in [3.8, 4) is 67.5 Å². The van der Waals surface area contributed by atoms with Crippen molar-refractivity contribution in [3.63, 3.8) is 0 Å². The summed E-state index contributed by atoms with van der Waals surface area (Å²) >= 11 is 0. The predicted octanol–water partition coefficient (Wildman–Crippen LogP) is 14.5. The van der Waals surface area contributed by atoms with Crippen molar-refractivity contribution in [1.82, 2.24) is 15.0 Å². The molecule has 0 N–H and O–H groups in total. The van der Waals surface area contributed by atoms with Crippen molar-refractivity contribution in [3.05, 3.63) is 212 Å². The summed E-state index contributed by atoms with van der Waals surface area (Å²) in [6, 6.07) is 75.3. The fourth-order valence-corrected chi connectivity index (χ4v) is 8.58. The molecule has 270 valence electrons. The van der Waals surface area contributed by atoms with Crippen LogP contribution in [0.3, 0.4) is 0 Å². The van der Waals surface area contributed by atoms with Crippen LogP contribution in [-0.2, 0) is 0 Å². The monoisotopic (exact) mass is 737 g/mol. The molecule has 0 saturated carbocycles. The van der Waals surface area contributed by atoms with E-state index in [2.05, 4.69) is 206 Å². The zero-order chi connectivity index (χ0) is 38.4. The second-order valence-corrected chi connectivity index (χ2v) is 14.7. The van der Waals surface area contributed by atoms with Crippen molar-refractivity contribution in [2.45, 2.75) is 0 Å². The van der Waals surface area contributed by atoms with E-state index in [1.54, 1.807) is 0 Å². The molecule has 0 aliphatic heterocycles. The Hall–Kier alpha value is -7.75. The molecule has 0 bridgehead atoms. The van der Waals surface area contributed by atoms with E-state index in [0.717, 1.165) is 44.5 Å². The van der Waals surface area contributed by atoms with Crippen LogP contribution in [0.2, 0.25) is 0 Å². The highest BCUT2D eigenvalue weighted by Gasteiger charge is 2.21. The molecule has 0 aliphatic rings. The van der Waals surface area contributed by atoms with Gasteiger partial charge in [-0.25, -0.2) is 15.0 Å². The van der Waals surface area contributed by atoms with Crippen molar-refractivity contribution in [2.24, 2.45) is 0 Å². The van der Waals surface area contributed by atoms with E-state index in [1.165, 1.54) is 48.7 Å². The van der Waals surface area contributed by atoms with E-state index < -0.39 is 0 Å². The lowest BCUT2D eigenvalue weighted by Gasteiger charge is -2.18. The van der Waals surface area contributed by atoms with Crippen LogP contribution in [0.4, 0.5) is 0 Å². The van der Waals surface area contributed by atoms with Crippen LogP contribution in [0.25, 0.3) is 111 Å². The van der Waals surface area contributed by atoms with Crippen LogP contribution in [0.5, 0.6) is 0 Å². The minimum absolute atomic E-state index is 0.619. The Balaban J connectivity index is 1.19. The molecule has 1 heterocycles. The van der Waals surface area contributed by atoms with Gasteiger partial charge in [-0.15, -0.1) is 0 Å². The molecule has 11 rings (SSSR count). The quantitative estimate of drug-likeness (QED) is 0.126. The third-order valence-corrected chi connectivity index (χ3v) is 11.3. The summed E-state index contributed by atoms with van der Waals surface area (Å²) in [7, 11) is 0. The van der Waals surface area contributed by atoms with Gasteiger partial charge < -0.3 is 0 Å². The Labute approximate surface area is 336 Å². The van der Waals surface area contributed by atoms with Gasteiger partial charge in [0.15, 0.2) is 17.5 Å². The van der Waals surface area contributed by atoms with Crippen LogP contribution in [0, 0.1) is 0 Å². The number of benzene rings is 10. The maximum absolute atomic E-state index is 5.42. The predicted molar refractivity (Wildman–Crippen MR) is 242 cm³/mol. The molecule has 0 fully saturated rings. The van der Waals surface area contributed by atoms with Crippen LogP contribution < -0.4 is 0 Å². The number of nitrogens with zero attached hydrogens (tertiary/aromatic N) is 3. The first kappa shape index (κ1) is 33.6.